The van der Waals surface area contributed by atoms with Crippen LogP contribution >= 0.6 is 0 Å². The van der Waals surface area contributed by atoms with E-state index < -0.39 is 22.0 Å². The standard InChI is InChI=1S/C19H16N4O3S/c1-27(26)15-10-6-5-9-14(15)23-17-16(20-12-21-17)18(24)22(19(23)25)11-13-7-3-2-4-8-13/h2-10,12H,11H2,1H3,(H,20,21). The fraction of sp³-hybridized carbons (Fsp3) is 0.105. The van der Waals surface area contributed by atoms with Crippen LogP contribution in [0, 0.1) is 0 Å². The minimum atomic E-state index is -1.32. The van der Waals surface area contributed by atoms with E-state index in [1.165, 1.54) is 10.9 Å². The Morgan fingerprint density at radius 1 is 1.04 bits per heavy atom. The zero-order valence-electron chi connectivity index (χ0n) is 14.5. The molecule has 0 saturated carbocycles. The van der Waals surface area contributed by atoms with Gasteiger partial charge in [0.15, 0.2) is 5.65 Å². The van der Waals surface area contributed by atoms with Gasteiger partial charge in [0.1, 0.15) is 5.52 Å². The molecule has 4 rings (SSSR count). The van der Waals surface area contributed by atoms with E-state index >= 15 is 0 Å². The Kier molecular flexibility index (Phi) is 4.33. The van der Waals surface area contributed by atoms with Crippen molar-refractivity contribution in [2.24, 2.45) is 0 Å². The summed E-state index contributed by atoms with van der Waals surface area (Å²) < 4.78 is 14.7. The van der Waals surface area contributed by atoms with Crippen molar-refractivity contribution in [2.45, 2.75) is 11.4 Å². The van der Waals surface area contributed by atoms with Crippen LogP contribution in [-0.4, -0.2) is 29.6 Å². The highest BCUT2D eigenvalue weighted by molar-refractivity contribution is 7.84. The first-order chi connectivity index (χ1) is 13.1. The number of imidazole rings is 1. The summed E-state index contributed by atoms with van der Waals surface area (Å²) in [4.78, 5) is 33.6. The lowest BCUT2D eigenvalue weighted by atomic mass is 10.2. The van der Waals surface area contributed by atoms with Gasteiger partial charge in [0, 0.05) is 6.26 Å². The van der Waals surface area contributed by atoms with Crippen molar-refractivity contribution in [2.75, 3.05) is 6.26 Å². The van der Waals surface area contributed by atoms with E-state index in [0.717, 1.165) is 10.1 Å². The van der Waals surface area contributed by atoms with Gasteiger partial charge < -0.3 is 4.98 Å². The fourth-order valence-corrected chi connectivity index (χ4v) is 3.78. The summed E-state index contributed by atoms with van der Waals surface area (Å²) in [6.45, 7) is 0.130. The number of nitrogens with zero attached hydrogens (tertiary/aromatic N) is 3. The van der Waals surface area contributed by atoms with Crippen LogP contribution in [0.1, 0.15) is 5.56 Å². The number of aromatic nitrogens is 4. The minimum Gasteiger partial charge on any atom is -0.339 e. The average molecular weight is 380 g/mol. The van der Waals surface area contributed by atoms with Crippen molar-refractivity contribution in [3.63, 3.8) is 0 Å². The molecule has 1 atom stereocenters. The number of hydrogen-bond donors (Lipinski definition) is 1. The van der Waals surface area contributed by atoms with E-state index in [-0.39, 0.29) is 17.7 Å². The quantitative estimate of drug-likeness (QED) is 0.583. The maximum absolute atomic E-state index is 13.3. The van der Waals surface area contributed by atoms with Gasteiger partial charge in [-0.1, -0.05) is 42.5 Å². The van der Waals surface area contributed by atoms with Crippen molar-refractivity contribution in [1.82, 2.24) is 19.1 Å². The molecular weight excluding hydrogens is 364 g/mol. The molecule has 1 N–H and O–H groups in total. The second-order valence-corrected chi connectivity index (χ2v) is 7.37. The summed E-state index contributed by atoms with van der Waals surface area (Å²) in [7, 11) is -1.32. The summed E-state index contributed by atoms with van der Waals surface area (Å²) in [6, 6.07) is 16.2. The van der Waals surface area contributed by atoms with Crippen molar-refractivity contribution < 1.29 is 4.21 Å². The van der Waals surface area contributed by atoms with Gasteiger partial charge >= 0.3 is 5.69 Å². The molecule has 2 aromatic carbocycles. The summed E-state index contributed by atoms with van der Waals surface area (Å²) in [5, 5.41) is 0. The molecule has 0 radical (unpaired) electrons. The molecule has 27 heavy (non-hydrogen) atoms. The van der Waals surface area contributed by atoms with Crippen LogP contribution in [0.25, 0.3) is 16.9 Å². The Bertz CT molecular complexity index is 1270. The molecule has 8 heteroatoms. The molecule has 0 saturated heterocycles. The molecule has 0 bridgehead atoms. The minimum absolute atomic E-state index is 0.130. The van der Waals surface area contributed by atoms with Crippen LogP contribution in [0.3, 0.4) is 0 Å². The molecule has 136 valence electrons. The monoisotopic (exact) mass is 380 g/mol. The first-order valence-electron chi connectivity index (χ1n) is 8.23. The van der Waals surface area contributed by atoms with Crippen molar-refractivity contribution in [3.05, 3.63) is 87.3 Å². The second kappa shape index (κ2) is 6.81. The molecule has 2 aromatic heterocycles. The van der Waals surface area contributed by atoms with E-state index in [1.54, 1.807) is 30.5 Å². The Balaban J connectivity index is 2.05. The number of H-pyrrole nitrogens is 1. The van der Waals surface area contributed by atoms with Crippen LogP contribution in [-0.2, 0) is 17.3 Å². The molecule has 0 aliphatic heterocycles. The Morgan fingerprint density at radius 3 is 2.48 bits per heavy atom. The summed E-state index contributed by atoms with van der Waals surface area (Å²) in [6.07, 6.45) is 2.92. The average Bonchev–Trinajstić information content (AvgIpc) is 3.16. The Labute approximate surface area is 156 Å². The highest BCUT2D eigenvalue weighted by Gasteiger charge is 2.19. The molecule has 1 unspecified atom stereocenters. The highest BCUT2D eigenvalue weighted by atomic mass is 32.2. The van der Waals surface area contributed by atoms with Gasteiger partial charge in [-0.3, -0.25) is 13.6 Å². The molecule has 0 aliphatic carbocycles. The highest BCUT2D eigenvalue weighted by Crippen LogP contribution is 2.18. The first kappa shape index (κ1) is 17.2. The summed E-state index contributed by atoms with van der Waals surface area (Å²) in [5.74, 6) is 0. The molecule has 2 heterocycles. The van der Waals surface area contributed by atoms with Crippen molar-refractivity contribution in [1.29, 1.82) is 0 Å². The second-order valence-electron chi connectivity index (χ2n) is 6.02. The zero-order valence-corrected chi connectivity index (χ0v) is 15.3. The van der Waals surface area contributed by atoms with Gasteiger partial charge in [0.2, 0.25) is 0 Å². The molecule has 0 amide bonds. The van der Waals surface area contributed by atoms with E-state index in [0.29, 0.717) is 10.6 Å². The zero-order chi connectivity index (χ0) is 19.0. The van der Waals surface area contributed by atoms with Gasteiger partial charge in [-0.25, -0.2) is 14.3 Å². The molecule has 4 aromatic rings. The number of aromatic amines is 1. The van der Waals surface area contributed by atoms with Crippen LogP contribution in [0.2, 0.25) is 0 Å². The van der Waals surface area contributed by atoms with Crippen LogP contribution < -0.4 is 11.2 Å². The number of nitrogens with one attached hydrogen (secondary N) is 1. The molecular formula is C19H16N4O3S. The largest absolute Gasteiger partial charge is 0.339 e. The number of rotatable bonds is 4. The van der Waals surface area contributed by atoms with Crippen molar-refractivity contribution in [3.8, 4) is 5.69 Å². The van der Waals surface area contributed by atoms with Gasteiger partial charge in [-0.15, -0.1) is 0 Å². The smallest absolute Gasteiger partial charge is 0.337 e. The van der Waals surface area contributed by atoms with Gasteiger partial charge in [0.05, 0.1) is 34.3 Å². The summed E-state index contributed by atoms with van der Waals surface area (Å²) >= 11 is 0. The molecule has 0 fully saturated rings. The van der Waals surface area contributed by atoms with Gasteiger partial charge in [-0.2, -0.15) is 0 Å². The lowest BCUT2D eigenvalue weighted by molar-refractivity contribution is 0.675. The third-order valence-corrected chi connectivity index (χ3v) is 5.28. The molecule has 0 aliphatic rings. The van der Waals surface area contributed by atoms with E-state index in [1.807, 2.05) is 30.3 Å². The predicted octanol–water partition coefficient (Wildman–Crippen LogP) is 1.66. The van der Waals surface area contributed by atoms with E-state index in [9.17, 15) is 13.8 Å². The van der Waals surface area contributed by atoms with Crippen LogP contribution in [0.15, 0.2) is 75.4 Å². The normalized spacial score (nSPS) is 12.3. The Morgan fingerprint density at radius 2 is 1.74 bits per heavy atom. The van der Waals surface area contributed by atoms with Gasteiger partial charge in [0.25, 0.3) is 5.56 Å². The maximum atomic E-state index is 13.3. The predicted molar refractivity (Wildman–Crippen MR) is 104 cm³/mol. The van der Waals surface area contributed by atoms with Crippen molar-refractivity contribution >= 4 is 22.0 Å². The summed E-state index contributed by atoms with van der Waals surface area (Å²) in [5.41, 5.74) is 0.746. The Hall–Kier alpha value is -3.26. The number of para-hydroxylation sites is 1. The van der Waals surface area contributed by atoms with Crippen LogP contribution in [0.5, 0.6) is 0 Å². The topological polar surface area (TPSA) is 89.8 Å². The SMILES string of the molecule is CS(=O)c1ccccc1-n1c(=O)n(Cc2ccccc2)c(=O)c2[nH]cnc21. The molecule has 7 nitrogen and oxygen atoms in total. The van der Waals surface area contributed by atoms with E-state index in [2.05, 4.69) is 9.97 Å². The number of hydrogen-bond acceptors (Lipinski definition) is 4. The number of benzene rings is 2. The third kappa shape index (κ3) is 2.93. The number of fused-ring (bicyclic) bond motifs is 1. The lowest BCUT2D eigenvalue weighted by Gasteiger charge is -2.13. The molecule has 0 spiro atoms. The maximum Gasteiger partial charge on any atom is 0.337 e. The lowest BCUT2D eigenvalue weighted by Crippen LogP contribution is -2.40. The van der Waals surface area contributed by atoms with Gasteiger partial charge in [-0.05, 0) is 17.7 Å². The fourth-order valence-electron chi connectivity index (χ4n) is 3.05. The van der Waals surface area contributed by atoms with Crippen LogP contribution in [0.4, 0.5) is 0 Å². The third-order valence-electron chi connectivity index (χ3n) is 4.31. The van der Waals surface area contributed by atoms with E-state index in [4.69, 9.17) is 0 Å². The first-order valence-corrected chi connectivity index (χ1v) is 9.79.